The van der Waals surface area contributed by atoms with E-state index in [1.54, 1.807) is 0 Å². The van der Waals surface area contributed by atoms with Crippen molar-refractivity contribution in [3.63, 3.8) is 0 Å². The molecule has 0 aromatic carbocycles. The monoisotopic (exact) mass is 242 g/mol. The fourth-order valence-corrected chi connectivity index (χ4v) is 3.11. The zero-order chi connectivity index (χ0) is 12.6. The molecule has 0 amide bonds. The van der Waals surface area contributed by atoms with E-state index < -0.39 is 0 Å². The minimum absolute atomic E-state index is 0.00479. The first-order valence-electron chi connectivity index (χ1n) is 7.39. The first-order chi connectivity index (χ1) is 8.29. The lowest BCUT2D eigenvalue weighted by Crippen LogP contribution is -2.54. The summed E-state index contributed by atoms with van der Waals surface area (Å²) in [6, 6.07) is 0.320. The van der Waals surface area contributed by atoms with Crippen molar-refractivity contribution in [2.75, 3.05) is 6.61 Å². The van der Waals surface area contributed by atoms with Gasteiger partial charge in [0.1, 0.15) is 0 Å². The fraction of sp³-hybridized carbons (Fsp3) is 1.00. The maximum Gasteiger partial charge on any atom is 0.0848 e. The van der Waals surface area contributed by atoms with Gasteiger partial charge in [0.05, 0.1) is 11.6 Å². The Bertz CT molecular complexity index is 189. The predicted octanol–water partition coefficient (Wildman–Crippen LogP) is 3.14. The Morgan fingerprint density at radius 3 is 2.29 bits per heavy atom. The molecule has 1 aliphatic carbocycles. The number of hydrogen-bond acceptors (Lipinski definition) is 3. The summed E-state index contributed by atoms with van der Waals surface area (Å²) in [5.41, 5.74) is 3.03. The van der Waals surface area contributed by atoms with E-state index in [0.717, 1.165) is 13.0 Å². The highest BCUT2D eigenvalue weighted by Crippen LogP contribution is 2.35. The molecule has 1 fully saturated rings. The molecule has 0 spiro atoms. The molecular formula is C14H30N2O. The summed E-state index contributed by atoms with van der Waals surface area (Å²) in [5, 5.41) is 0. The van der Waals surface area contributed by atoms with Gasteiger partial charge in [0.2, 0.25) is 0 Å². The molecule has 1 saturated carbocycles. The summed E-state index contributed by atoms with van der Waals surface area (Å²) >= 11 is 0. The predicted molar refractivity (Wildman–Crippen MR) is 72.7 cm³/mol. The first-order valence-corrected chi connectivity index (χ1v) is 7.39. The molecule has 0 radical (unpaired) electrons. The molecule has 0 aromatic rings. The third kappa shape index (κ3) is 4.23. The van der Waals surface area contributed by atoms with Gasteiger partial charge >= 0.3 is 0 Å². The lowest BCUT2D eigenvalue weighted by molar-refractivity contribution is -0.0790. The second-order valence-electron chi connectivity index (χ2n) is 5.27. The Morgan fingerprint density at radius 2 is 1.82 bits per heavy atom. The van der Waals surface area contributed by atoms with Gasteiger partial charge in [-0.25, -0.2) is 0 Å². The third-order valence-corrected chi connectivity index (χ3v) is 4.06. The smallest absolute Gasteiger partial charge is 0.0848 e. The SMILES string of the molecule is CCCCC(NN)C1(OCC)CCCCCC1. The summed E-state index contributed by atoms with van der Waals surface area (Å²) in [7, 11) is 0. The molecule has 17 heavy (non-hydrogen) atoms. The van der Waals surface area contributed by atoms with Crippen molar-refractivity contribution in [1.29, 1.82) is 0 Å². The quantitative estimate of drug-likeness (QED) is 0.409. The van der Waals surface area contributed by atoms with Crippen molar-refractivity contribution in [2.24, 2.45) is 5.84 Å². The molecule has 0 aliphatic heterocycles. The molecule has 0 bridgehead atoms. The lowest BCUT2D eigenvalue weighted by atomic mass is 9.83. The number of nitrogens with one attached hydrogen (secondary N) is 1. The zero-order valence-corrected chi connectivity index (χ0v) is 11.6. The number of rotatable bonds is 7. The molecule has 3 N–H and O–H groups in total. The van der Waals surface area contributed by atoms with Gasteiger partial charge in [0.25, 0.3) is 0 Å². The summed E-state index contributed by atoms with van der Waals surface area (Å²) in [4.78, 5) is 0. The molecule has 1 aliphatic rings. The van der Waals surface area contributed by atoms with Crippen LogP contribution in [0.5, 0.6) is 0 Å². The average molecular weight is 242 g/mol. The van der Waals surface area contributed by atoms with Crippen LogP contribution in [0.3, 0.4) is 0 Å². The Hall–Kier alpha value is -0.120. The van der Waals surface area contributed by atoms with Crippen molar-refractivity contribution in [3.8, 4) is 0 Å². The second kappa shape index (κ2) is 8.06. The number of hydrogen-bond donors (Lipinski definition) is 2. The second-order valence-corrected chi connectivity index (χ2v) is 5.27. The molecule has 0 saturated heterocycles. The summed E-state index contributed by atoms with van der Waals surface area (Å²) in [6.45, 7) is 5.12. The Balaban J connectivity index is 2.70. The molecule has 3 heteroatoms. The number of hydrazine groups is 1. The van der Waals surface area contributed by atoms with Gasteiger partial charge in [-0.1, -0.05) is 45.4 Å². The molecule has 0 heterocycles. The normalized spacial score (nSPS) is 22.1. The summed E-state index contributed by atoms with van der Waals surface area (Å²) < 4.78 is 6.16. The Kier molecular flexibility index (Phi) is 7.09. The van der Waals surface area contributed by atoms with Crippen molar-refractivity contribution in [3.05, 3.63) is 0 Å². The van der Waals surface area contributed by atoms with Crippen LogP contribution in [0.15, 0.2) is 0 Å². The van der Waals surface area contributed by atoms with Crippen LogP contribution in [0, 0.1) is 0 Å². The highest BCUT2D eigenvalue weighted by molar-refractivity contribution is 4.93. The number of unbranched alkanes of at least 4 members (excludes halogenated alkanes) is 1. The van der Waals surface area contributed by atoms with Gasteiger partial charge < -0.3 is 4.74 Å². The number of nitrogens with two attached hydrogens (primary N) is 1. The van der Waals surface area contributed by atoms with Gasteiger partial charge in [0.15, 0.2) is 0 Å². The lowest BCUT2D eigenvalue weighted by Gasteiger charge is -2.40. The topological polar surface area (TPSA) is 47.3 Å². The van der Waals surface area contributed by atoms with E-state index in [1.807, 2.05) is 0 Å². The van der Waals surface area contributed by atoms with Crippen LogP contribution >= 0.6 is 0 Å². The molecule has 1 rings (SSSR count). The van der Waals surface area contributed by atoms with Gasteiger partial charge in [-0.05, 0) is 26.2 Å². The van der Waals surface area contributed by atoms with Crippen molar-refractivity contribution in [2.45, 2.75) is 83.3 Å². The van der Waals surface area contributed by atoms with E-state index in [1.165, 1.54) is 51.4 Å². The minimum Gasteiger partial charge on any atom is -0.374 e. The van der Waals surface area contributed by atoms with Gasteiger partial charge in [-0.2, -0.15) is 0 Å². The van der Waals surface area contributed by atoms with E-state index in [-0.39, 0.29) is 5.60 Å². The van der Waals surface area contributed by atoms with Crippen LogP contribution in [0.25, 0.3) is 0 Å². The third-order valence-electron chi connectivity index (χ3n) is 4.06. The Labute approximate surface area is 106 Å². The fourth-order valence-electron chi connectivity index (χ4n) is 3.11. The van der Waals surface area contributed by atoms with Crippen LogP contribution in [0.1, 0.15) is 71.6 Å². The molecule has 3 nitrogen and oxygen atoms in total. The highest BCUT2D eigenvalue weighted by Gasteiger charge is 2.38. The van der Waals surface area contributed by atoms with Crippen molar-refractivity contribution in [1.82, 2.24) is 5.43 Å². The van der Waals surface area contributed by atoms with E-state index in [2.05, 4.69) is 19.3 Å². The van der Waals surface area contributed by atoms with E-state index in [9.17, 15) is 0 Å². The Morgan fingerprint density at radius 1 is 1.18 bits per heavy atom. The molecule has 1 atom stereocenters. The minimum atomic E-state index is -0.00479. The van der Waals surface area contributed by atoms with Crippen LogP contribution in [0.2, 0.25) is 0 Å². The van der Waals surface area contributed by atoms with Gasteiger partial charge in [-0.15, -0.1) is 0 Å². The molecule has 102 valence electrons. The van der Waals surface area contributed by atoms with E-state index in [0.29, 0.717) is 6.04 Å². The summed E-state index contributed by atoms with van der Waals surface area (Å²) in [6.07, 6.45) is 11.2. The van der Waals surface area contributed by atoms with Crippen LogP contribution < -0.4 is 11.3 Å². The van der Waals surface area contributed by atoms with E-state index in [4.69, 9.17) is 10.6 Å². The molecule has 0 aromatic heterocycles. The summed E-state index contributed by atoms with van der Waals surface area (Å²) in [5.74, 6) is 5.78. The van der Waals surface area contributed by atoms with Gasteiger partial charge in [-0.3, -0.25) is 11.3 Å². The van der Waals surface area contributed by atoms with Crippen molar-refractivity contribution < 1.29 is 4.74 Å². The first kappa shape index (κ1) is 14.9. The van der Waals surface area contributed by atoms with E-state index >= 15 is 0 Å². The number of ether oxygens (including phenoxy) is 1. The van der Waals surface area contributed by atoms with Crippen LogP contribution in [-0.2, 0) is 4.74 Å². The van der Waals surface area contributed by atoms with Gasteiger partial charge in [0, 0.05) is 6.61 Å². The molecular weight excluding hydrogens is 212 g/mol. The largest absolute Gasteiger partial charge is 0.374 e. The maximum absolute atomic E-state index is 6.16. The average Bonchev–Trinajstić information content (AvgIpc) is 2.57. The molecule has 1 unspecified atom stereocenters. The van der Waals surface area contributed by atoms with Crippen LogP contribution in [-0.4, -0.2) is 18.2 Å². The highest BCUT2D eigenvalue weighted by atomic mass is 16.5. The van der Waals surface area contributed by atoms with Crippen molar-refractivity contribution >= 4 is 0 Å². The maximum atomic E-state index is 6.16. The zero-order valence-electron chi connectivity index (χ0n) is 11.6. The van der Waals surface area contributed by atoms with Crippen LogP contribution in [0.4, 0.5) is 0 Å². The standard InChI is InChI=1S/C14H30N2O/c1-3-5-10-13(16-15)14(17-4-2)11-8-6-7-9-12-14/h13,16H,3-12,15H2,1-2H3.